The second-order valence-corrected chi connectivity index (χ2v) is 3.07. The fraction of sp³-hybridized carbons (Fsp3) is 0.273. The van der Waals surface area contributed by atoms with Crippen LogP contribution < -0.4 is 10.6 Å². The zero-order valence-corrected chi connectivity index (χ0v) is 10.3. The summed E-state index contributed by atoms with van der Waals surface area (Å²) in [6, 6.07) is 9.34. The highest BCUT2D eigenvalue weighted by Crippen LogP contribution is 2.03. The molecular weight excluding hydrogens is 244 g/mol. The third-order valence-corrected chi connectivity index (χ3v) is 1.88. The first-order valence-electron chi connectivity index (χ1n) is 4.85. The van der Waals surface area contributed by atoms with Crippen molar-refractivity contribution in [2.75, 3.05) is 25.5 Å². The molecule has 1 amide bonds. The number of ether oxygens (including phenoxy) is 1. The minimum absolute atomic E-state index is 0. The number of carbonyl (C=O) groups is 2. The van der Waals surface area contributed by atoms with Crippen LogP contribution >= 0.6 is 12.4 Å². The van der Waals surface area contributed by atoms with Gasteiger partial charge in [0.25, 0.3) is 0 Å². The number of carbonyl (C=O) groups excluding carboxylic acids is 2. The van der Waals surface area contributed by atoms with E-state index in [1.807, 2.05) is 30.3 Å². The van der Waals surface area contributed by atoms with Crippen molar-refractivity contribution in [3.63, 3.8) is 0 Å². The van der Waals surface area contributed by atoms with Gasteiger partial charge in [-0.15, -0.1) is 12.4 Å². The number of nitrogens with one attached hydrogen (secondary N) is 2. The van der Waals surface area contributed by atoms with E-state index in [1.54, 1.807) is 0 Å². The molecule has 0 atom stereocenters. The number of methoxy groups -OCH3 is 1. The predicted molar refractivity (Wildman–Crippen MR) is 67.2 cm³/mol. The molecule has 0 aliphatic heterocycles. The maximum absolute atomic E-state index is 11.3. The zero-order chi connectivity index (χ0) is 11.8. The highest BCUT2D eigenvalue weighted by Gasteiger charge is 2.04. The summed E-state index contributed by atoms with van der Waals surface area (Å²) >= 11 is 0. The molecule has 2 N–H and O–H groups in total. The van der Waals surface area contributed by atoms with Crippen molar-refractivity contribution in [2.24, 2.45) is 0 Å². The van der Waals surface area contributed by atoms with E-state index < -0.39 is 5.97 Å². The topological polar surface area (TPSA) is 67.4 Å². The molecule has 1 aromatic rings. The molecule has 0 aliphatic rings. The van der Waals surface area contributed by atoms with Crippen molar-refractivity contribution >= 4 is 30.0 Å². The molecule has 6 heteroatoms. The van der Waals surface area contributed by atoms with Gasteiger partial charge in [0.2, 0.25) is 5.91 Å². The number of anilines is 1. The van der Waals surface area contributed by atoms with Gasteiger partial charge >= 0.3 is 5.97 Å². The third kappa shape index (κ3) is 6.42. The van der Waals surface area contributed by atoms with Gasteiger partial charge in [0.15, 0.2) is 0 Å². The van der Waals surface area contributed by atoms with Gasteiger partial charge in [-0.25, -0.2) is 0 Å². The van der Waals surface area contributed by atoms with E-state index in [2.05, 4.69) is 15.4 Å². The smallest absolute Gasteiger partial charge is 0.325 e. The van der Waals surface area contributed by atoms with Crippen molar-refractivity contribution in [3.05, 3.63) is 30.3 Å². The second-order valence-electron chi connectivity index (χ2n) is 3.07. The largest absolute Gasteiger partial charge is 0.468 e. The minimum Gasteiger partial charge on any atom is -0.468 e. The third-order valence-electron chi connectivity index (χ3n) is 1.88. The molecule has 0 spiro atoms. The van der Waals surface area contributed by atoms with Crippen LogP contribution in [0.1, 0.15) is 0 Å². The Kier molecular flexibility index (Phi) is 7.54. The normalized spacial score (nSPS) is 8.76. The first-order chi connectivity index (χ1) is 7.72. The molecule has 5 nitrogen and oxygen atoms in total. The summed E-state index contributed by atoms with van der Waals surface area (Å²) in [5.41, 5.74) is 0.857. The first-order valence-corrected chi connectivity index (χ1v) is 4.85. The molecule has 0 aromatic heterocycles. The lowest BCUT2D eigenvalue weighted by Gasteiger charge is -2.06. The number of halogens is 1. The standard InChI is InChI=1S/C11H14N2O3.ClH/c1-16-11(15)8-13-10(14)7-12-9-5-3-2-4-6-9;/h2-6,12H,7-8H2,1H3,(H,13,14);1H. The summed E-state index contributed by atoms with van der Waals surface area (Å²) < 4.78 is 4.39. The van der Waals surface area contributed by atoms with Gasteiger partial charge in [-0.1, -0.05) is 18.2 Å². The first kappa shape index (κ1) is 15.2. The quantitative estimate of drug-likeness (QED) is 0.767. The second kappa shape index (κ2) is 8.41. The van der Waals surface area contributed by atoms with Crippen LogP contribution in [0.15, 0.2) is 30.3 Å². The number of benzene rings is 1. The monoisotopic (exact) mass is 258 g/mol. The van der Waals surface area contributed by atoms with Crippen LogP contribution in [0.4, 0.5) is 5.69 Å². The highest BCUT2D eigenvalue weighted by atomic mass is 35.5. The summed E-state index contributed by atoms with van der Waals surface area (Å²) in [5.74, 6) is -0.720. The Morgan fingerprint density at radius 1 is 1.18 bits per heavy atom. The summed E-state index contributed by atoms with van der Waals surface area (Å²) in [5, 5.41) is 5.35. The van der Waals surface area contributed by atoms with Crippen LogP contribution in [0.2, 0.25) is 0 Å². The molecule has 1 rings (SSSR count). The van der Waals surface area contributed by atoms with Gasteiger partial charge in [-0.3, -0.25) is 9.59 Å². The average Bonchev–Trinajstić information content (AvgIpc) is 2.34. The van der Waals surface area contributed by atoms with E-state index >= 15 is 0 Å². The molecule has 0 heterocycles. The summed E-state index contributed by atoms with van der Waals surface area (Å²) in [6.45, 7) is 0.0206. The van der Waals surface area contributed by atoms with E-state index in [0.717, 1.165) is 5.69 Å². The van der Waals surface area contributed by atoms with E-state index in [0.29, 0.717) is 0 Å². The molecule has 0 fully saturated rings. The maximum Gasteiger partial charge on any atom is 0.325 e. The van der Waals surface area contributed by atoms with Crippen molar-refractivity contribution in [1.29, 1.82) is 0 Å². The lowest BCUT2D eigenvalue weighted by molar-refractivity contribution is -0.140. The summed E-state index contributed by atoms with van der Waals surface area (Å²) in [7, 11) is 1.27. The van der Waals surface area contributed by atoms with Gasteiger partial charge in [0.1, 0.15) is 6.54 Å². The van der Waals surface area contributed by atoms with Crippen molar-refractivity contribution in [1.82, 2.24) is 5.32 Å². The van der Waals surface area contributed by atoms with E-state index in [1.165, 1.54) is 7.11 Å². The van der Waals surface area contributed by atoms with Gasteiger partial charge in [0, 0.05) is 5.69 Å². The molecule has 0 saturated carbocycles. The van der Waals surface area contributed by atoms with Crippen LogP contribution in [0.3, 0.4) is 0 Å². The lowest BCUT2D eigenvalue weighted by atomic mass is 10.3. The summed E-state index contributed by atoms with van der Waals surface area (Å²) in [4.78, 5) is 22.0. The van der Waals surface area contributed by atoms with Crippen LogP contribution in [0.25, 0.3) is 0 Å². The Balaban J connectivity index is 0.00000256. The van der Waals surface area contributed by atoms with Crippen LogP contribution in [0.5, 0.6) is 0 Å². The number of para-hydroxylation sites is 1. The van der Waals surface area contributed by atoms with Crippen molar-refractivity contribution in [2.45, 2.75) is 0 Å². The number of hydrogen-bond donors (Lipinski definition) is 2. The minimum atomic E-state index is -0.465. The Bertz CT molecular complexity index is 357. The maximum atomic E-state index is 11.3. The van der Waals surface area contributed by atoms with E-state index in [4.69, 9.17) is 0 Å². The number of amides is 1. The number of rotatable bonds is 5. The number of esters is 1. The molecule has 94 valence electrons. The van der Waals surface area contributed by atoms with Crippen molar-refractivity contribution in [3.8, 4) is 0 Å². The number of hydrogen-bond acceptors (Lipinski definition) is 4. The molecule has 0 saturated heterocycles. The molecule has 0 radical (unpaired) electrons. The van der Waals surface area contributed by atoms with E-state index in [-0.39, 0.29) is 31.4 Å². The zero-order valence-electron chi connectivity index (χ0n) is 9.43. The Hall–Kier alpha value is -1.75. The molecule has 0 aliphatic carbocycles. The SMILES string of the molecule is COC(=O)CNC(=O)CNc1ccccc1.Cl. The fourth-order valence-corrected chi connectivity index (χ4v) is 1.04. The Morgan fingerprint density at radius 2 is 1.82 bits per heavy atom. The van der Waals surface area contributed by atoms with Gasteiger partial charge in [-0.2, -0.15) is 0 Å². The van der Waals surface area contributed by atoms with Crippen LogP contribution in [-0.4, -0.2) is 32.1 Å². The lowest BCUT2D eigenvalue weighted by Crippen LogP contribution is -2.34. The average molecular weight is 259 g/mol. The Labute approximate surface area is 106 Å². The molecule has 0 bridgehead atoms. The van der Waals surface area contributed by atoms with Crippen LogP contribution in [-0.2, 0) is 14.3 Å². The highest BCUT2D eigenvalue weighted by molar-refractivity contribution is 5.85. The van der Waals surface area contributed by atoms with Gasteiger partial charge < -0.3 is 15.4 Å². The van der Waals surface area contributed by atoms with Crippen LogP contribution in [0, 0.1) is 0 Å². The van der Waals surface area contributed by atoms with Gasteiger partial charge in [0.05, 0.1) is 13.7 Å². The fourth-order valence-electron chi connectivity index (χ4n) is 1.04. The molecule has 17 heavy (non-hydrogen) atoms. The molecular formula is C11H15ClN2O3. The predicted octanol–water partition coefficient (Wildman–Crippen LogP) is 0.809. The van der Waals surface area contributed by atoms with Gasteiger partial charge in [-0.05, 0) is 12.1 Å². The van der Waals surface area contributed by atoms with E-state index in [9.17, 15) is 9.59 Å². The molecule has 1 aromatic carbocycles. The Morgan fingerprint density at radius 3 is 2.41 bits per heavy atom. The summed E-state index contributed by atoms with van der Waals surface area (Å²) in [6.07, 6.45) is 0. The molecule has 0 unspecified atom stereocenters. The van der Waals surface area contributed by atoms with Crippen molar-refractivity contribution < 1.29 is 14.3 Å².